The number of carbonyl (C=O) groups is 2. The van der Waals surface area contributed by atoms with Crippen LogP contribution >= 0.6 is 0 Å². The molecule has 8 nitrogen and oxygen atoms in total. The van der Waals surface area contributed by atoms with E-state index in [0.29, 0.717) is 38.4 Å². The largest absolute Gasteiger partial charge is 0.417 e. The van der Waals surface area contributed by atoms with Crippen LogP contribution in [0.15, 0.2) is 30.5 Å². The molecule has 1 aliphatic carbocycles. The minimum atomic E-state index is -2.97. The number of amides is 2. The lowest BCUT2D eigenvalue weighted by Crippen LogP contribution is -2.53. The number of carbonyl (C=O) groups excluding carboxylic acids is 2. The van der Waals surface area contributed by atoms with Gasteiger partial charge in [0.15, 0.2) is 0 Å². The summed E-state index contributed by atoms with van der Waals surface area (Å²) < 4.78 is 34.9. The lowest BCUT2D eigenvalue weighted by atomic mass is 9.80. The van der Waals surface area contributed by atoms with Crippen molar-refractivity contribution in [2.45, 2.75) is 58.1 Å². The van der Waals surface area contributed by atoms with E-state index in [1.54, 1.807) is 11.0 Å². The van der Waals surface area contributed by atoms with E-state index in [0.717, 1.165) is 25.0 Å². The molecule has 10 heteroatoms. The number of urea groups is 1. The molecule has 5 rings (SSSR count). The van der Waals surface area contributed by atoms with E-state index in [1.807, 2.05) is 4.90 Å². The predicted octanol–water partition coefficient (Wildman–Crippen LogP) is 3.97. The van der Waals surface area contributed by atoms with Crippen LogP contribution in [0.4, 0.5) is 13.6 Å². The average molecular weight is 515 g/mol. The van der Waals surface area contributed by atoms with E-state index in [-0.39, 0.29) is 29.5 Å². The van der Waals surface area contributed by atoms with Crippen LogP contribution in [-0.4, -0.2) is 71.0 Å². The van der Waals surface area contributed by atoms with Gasteiger partial charge in [-0.05, 0) is 49.8 Å². The normalized spacial score (nSPS) is 19.5. The summed E-state index contributed by atoms with van der Waals surface area (Å²) in [6, 6.07) is 6.55. The minimum Gasteiger partial charge on any atom is -0.417 e. The summed E-state index contributed by atoms with van der Waals surface area (Å²) >= 11 is 0. The topological polar surface area (TPSA) is 84.9 Å². The van der Waals surface area contributed by atoms with Gasteiger partial charge in [-0.2, -0.15) is 8.78 Å². The number of halogens is 2. The first-order valence-corrected chi connectivity index (χ1v) is 12.8. The molecule has 0 aromatic carbocycles. The van der Waals surface area contributed by atoms with Gasteiger partial charge < -0.3 is 19.3 Å². The molecular formula is C27H32F2N4O4. The zero-order valence-corrected chi connectivity index (χ0v) is 21.0. The highest BCUT2D eigenvalue weighted by molar-refractivity contribution is 5.80. The van der Waals surface area contributed by atoms with Gasteiger partial charge in [-0.1, -0.05) is 12.1 Å². The van der Waals surface area contributed by atoms with Crippen LogP contribution in [0.5, 0.6) is 5.88 Å². The zero-order valence-electron chi connectivity index (χ0n) is 21.0. The Hall–Kier alpha value is -3.14. The Morgan fingerprint density at radius 1 is 1.16 bits per heavy atom. The van der Waals surface area contributed by atoms with Gasteiger partial charge in [0.05, 0.1) is 19.3 Å². The Labute approximate surface area is 215 Å². The first kappa shape index (κ1) is 25.5. The van der Waals surface area contributed by atoms with Gasteiger partial charge in [-0.3, -0.25) is 9.78 Å². The molecule has 0 spiro atoms. The smallest absolute Gasteiger partial charge is 0.388 e. The summed E-state index contributed by atoms with van der Waals surface area (Å²) in [5, 5.41) is 0. The molecule has 0 saturated carbocycles. The van der Waals surface area contributed by atoms with E-state index in [9.17, 15) is 18.4 Å². The number of hydrogen-bond acceptors (Lipinski definition) is 6. The molecule has 3 aliphatic rings. The van der Waals surface area contributed by atoms with Crippen molar-refractivity contribution >= 4 is 11.8 Å². The molecule has 37 heavy (non-hydrogen) atoms. The third-order valence-electron chi connectivity index (χ3n) is 7.47. The molecule has 1 atom stereocenters. The quantitative estimate of drug-likeness (QED) is 0.477. The summed E-state index contributed by atoms with van der Waals surface area (Å²) in [6.07, 6.45) is 6.76. The van der Waals surface area contributed by atoms with Crippen molar-refractivity contribution in [3.63, 3.8) is 0 Å². The average Bonchev–Trinajstić information content (AvgIpc) is 3.20. The van der Waals surface area contributed by atoms with Gasteiger partial charge in [0, 0.05) is 61.5 Å². The molecule has 2 saturated heterocycles. The number of pyridine rings is 2. The van der Waals surface area contributed by atoms with E-state index >= 15 is 0 Å². The maximum atomic E-state index is 13.5. The standard InChI is InChI=1S/C27H32F2N4O4/c1-18(34)12-23(20-7-9-24(30-14-20)37-25(28)29)33-11-10-32(26(33)35)15-27(16-36-17-27)13-21-8-6-19-4-2-3-5-22(19)31-21/h6-9,14,23,25H,2-5,10-13,15-17H2,1H3/t23-/m0/s1. The third kappa shape index (κ3) is 5.74. The number of aryl methyl sites for hydroxylation is 2. The summed E-state index contributed by atoms with van der Waals surface area (Å²) in [7, 11) is 0. The van der Waals surface area contributed by atoms with Crippen molar-refractivity contribution in [3.05, 3.63) is 53.0 Å². The molecule has 198 valence electrons. The molecule has 2 aromatic heterocycles. The molecule has 0 radical (unpaired) electrons. The number of rotatable bonds is 10. The maximum absolute atomic E-state index is 13.5. The molecule has 2 aromatic rings. The third-order valence-corrected chi connectivity index (χ3v) is 7.47. The van der Waals surface area contributed by atoms with E-state index < -0.39 is 12.7 Å². The van der Waals surface area contributed by atoms with Crippen LogP contribution in [0, 0.1) is 5.41 Å². The highest BCUT2D eigenvalue weighted by Crippen LogP contribution is 2.36. The van der Waals surface area contributed by atoms with Crippen LogP contribution in [0.3, 0.4) is 0 Å². The maximum Gasteiger partial charge on any atom is 0.388 e. The number of nitrogens with zero attached hydrogens (tertiary/aromatic N) is 4. The second-order valence-corrected chi connectivity index (χ2v) is 10.4. The Morgan fingerprint density at radius 2 is 1.97 bits per heavy atom. The molecule has 0 bridgehead atoms. The number of hydrogen-bond donors (Lipinski definition) is 0. The van der Waals surface area contributed by atoms with Gasteiger partial charge in [-0.15, -0.1) is 0 Å². The van der Waals surface area contributed by atoms with Crippen molar-refractivity contribution in [2.24, 2.45) is 5.41 Å². The molecular weight excluding hydrogens is 482 g/mol. The first-order chi connectivity index (χ1) is 17.8. The van der Waals surface area contributed by atoms with E-state index in [1.165, 1.54) is 43.3 Å². The lowest BCUT2D eigenvalue weighted by molar-refractivity contribution is -0.120. The number of Topliss-reactive ketones (excluding diaryl/α,β-unsaturated/α-hetero) is 1. The van der Waals surface area contributed by atoms with Gasteiger partial charge in [0.1, 0.15) is 5.78 Å². The molecule has 0 N–H and O–H groups in total. The van der Waals surface area contributed by atoms with Crippen molar-refractivity contribution in [1.29, 1.82) is 0 Å². The van der Waals surface area contributed by atoms with E-state index in [4.69, 9.17) is 9.72 Å². The zero-order chi connectivity index (χ0) is 26.0. The number of aromatic nitrogens is 2. The van der Waals surface area contributed by atoms with Crippen LogP contribution in [0.25, 0.3) is 0 Å². The highest BCUT2D eigenvalue weighted by Gasteiger charge is 2.45. The molecule has 2 fully saturated rings. The van der Waals surface area contributed by atoms with Crippen LogP contribution in [-0.2, 0) is 28.8 Å². The Bertz CT molecular complexity index is 1140. The summed E-state index contributed by atoms with van der Waals surface area (Å²) in [5.74, 6) is -0.288. The van der Waals surface area contributed by atoms with Crippen molar-refractivity contribution in [2.75, 3.05) is 32.8 Å². The second-order valence-electron chi connectivity index (χ2n) is 10.4. The molecule has 2 amide bonds. The first-order valence-electron chi connectivity index (χ1n) is 12.8. The SMILES string of the molecule is CC(=O)C[C@@H](c1ccc(OC(F)F)nc1)N1CCN(CC2(Cc3ccc4c(n3)CCCC4)COC2)C1=O. The fourth-order valence-electron chi connectivity index (χ4n) is 5.62. The minimum absolute atomic E-state index is 0.0773. The number of ether oxygens (including phenoxy) is 2. The fraction of sp³-hybridized carbons (Fsp3) is 0.556. The van der Waals surface area contributed by atoms with Crippen LogP contribution < -0.4 is 4.74 Å². The van der Waals surface area contributed by atoms with E-state index in [2.05, 4.69) is 21.9 Å². The number of fused-ring (bicyclic) bond motifs is 1. The predicted molar refractivity (Wildman–Crippen MR) is 130 cm³/mol. The fourth-order valence-corrected chi connectivity index (χ4v) is 5.62. The molecule has 0 unspecified atom stereocenters. The summed E-state index contributed by atoms with van der Waals surface area (Å²) in [4.78, 5) is 38.0. The Morgan fingerprint density at radius 3 is 2.65 bits per heavy atom. The van der Waals surface area contributed by atoms with Crippen molar-refractivity contribution in [1.82, 2.24) is 19.8 Å². The monoisotopic (exact) mass is 514 g/mol. The van der Waals surface area contributed by atoms with Crippen molar-refractivity contribution in [3.8, 4) is 5.88 Å². The van der Waals surface area contributed by atoms with Crippen molar-refractivity contribution < 1.29 is 27.8 Å². The van der Waals surface area contributed by atoms with Crippen LogP contribution in [0.1, 0.15) is 54.7 Å². The van der Waals surface area contributed by atoms with Gasteiger partial charge >= 0.3 is 12.6 Å². The highest BCUT2D eigenvalue weighted by atomic mass is 19.3. The lowest BCUT2D eigenvalue weighted by Gasteiger charge is -2.43. The summed E-state index contributed by atoms with van der Waals surface area (Å²) in [6.45, 7) is 1.18. The van der Waals surface area contributed by atoms with Gasteiger partial charge in [0.2, 0.25) is 5.88 Å². The van der Waals surface area contributed by atoms with Gasteiger partial charge in [-0.25, -0.2) is 9.78 Å². The van der Waals surface area contributed by atoms with Crippen LogP contribution in [0.2, 0.25) is 0 Å². The molecule has 2 aliphatic heterocycles. The second kappa shape index (κ2) is 10.7. The summed E-state index contributed by atoms with van der Waals surface area (Å²) in [5.41, 5.74) is 4.01. The number of alkyl halides is 2. The molecule has 4 heterocycles. The Balaban J connectivity index is 1.28. The van der Waals surface area contributed by atoms with Gasteiger partial charge in [0.25, 0.3) is 0 Å². The Kier molecular flexibility index (Phi) is 7.37. The number of ketones is 1.